The summed E-state index contributed by atoms with van der Waals surface area (Å²) in [6.07, 6.45) is 1.40. The average molecular weight is 341 g/mol. The van der Waals surface area contributed by atoms with Crippen LogP contribution in [0.3, 0.4) is 0 Å². The summed E-state index contributed by atoms with van der Waals surface area (Å²) < 4.78 is 0.923. The number of nitrogens with one attached hydrogen (secondary N) is 1. The number of aliphatic carboxylic acids is 1. The number of likely N-dealkylation sites (tertiary alicyclic amines) is 1. The maximum atomic E-state index is 12.1. The van der Waals surface area contributed by atoms with Gasteiger partial charge in [-0.05, 0) is 44.1 Å². The molecule has 0 saturated carbocycles. The molecule has 0 radical (unpaired) electrons. The molecule has 1 aliphatic rings. The second-order valence-corrected chi connectivity index (χ2v) is 5.86. The zero-order valence-electron chi connectivity index (χ0n) is 11.0. The summed E-state index contributed by atoms with van der Waals surface area (Å²) in [5, 5.41) is 11.6. The highest BCUT2D eigenvalue weighted by Gasteiger charge is 2.25. The number of halogens is 1. The van der Waals surface area contributed by atoms with E-state index < -0.39 is 5.97 Å². The van der Waals surface area contributed by atoms with Gasteiger partial charge in [0.15, 0.2) is 0 Å². The molecule has 5 nitrogen and oxygen atoms in total. The third-order valence-electron chi connectivity index (χ3n) is 3.41. The second kappa shape index (κ2) is 6.85. The van der Waals surface area contributed by atoms with E-state index >= 15 is 0 Å². The van der Waals surface area contributed by atoms with Gasteiger partial charge in [0.1, 0.15) is 0 Å². The molecule has 1 aromatic rings. The van der Waals surface area contributed by atoms with Gasteiger partial charge in [-0.25, -0.2) is 0 Å². The van der Waals surface area contributed by atoms with Crippen LogP contribution in [0.15, 0.2) is 28.7 Å². The fraction of sp³-hybridized carbons (Fsp3) is 0.429. The lowest BCUT2D eigenvalue weighted by atomic mass is 9.96. The third kappa shape index (κ3) is 4.31. The highest BCUT2D eigenvalue weighted by Crippen LogP contribution is 2.21. The molecule has 1 amide bonds. The van der Waals surface area contributed by atoms with Crippen LogP contribution in [0.4, 0.5) is 5.69 Å². The number of carboxylic acids is 1. The van der Waals surface area contributed by atoms with E-state index in [0.29, 0.717) is 25.9 Å². The molecule has 0 aromatic heterocycles. The predicted octanol–water partition coefficient (Wildman–Crippen LogP) is 2.18. The highest BCUT2D eigenvalue weighted by atomic mass is 79.9. The molecule has 0 spiro atoms. The minimum absolute atomic E-state index is 0.0121. The van der Waals surface area contributed by atoms with Crippen molar-refractivity contribution in [1.82, 2.24) is 4.90 Å². The Morgan fingerprint density at radius 1 is 1.35 bits per heavy atom. The number of anilines is 1. The lowest BCUT2D eigenvalue weighted by molar-refractivity contribution is -0.138. The van der Waals surface area contributed by atoms with Gasteiger partial charge < -0.3 is 10.4 Å². The first kappa shape index (κ1) is 15.0. The largest absolute Gasteiger partial charge is 0.480 e. The van der Waals surface area contributed by atoms with Crippen LogP contribution in [-0.4, -0.2) is 41.5 Å². The van der Waals surface area contributed by atoms with Gasteiger partial charge in [0.25, 0.3) is 0 Å². The zero-order valence-corrected chi connectivity index (χ0v) is 12.6. The Morgan fingerprint density at radius 2 is 2.05 bits per heavy atom. The summed E-state index contributed by atoms with van der Waals surface area (Å²) in [5.74, 6) is -0.848. The van der Waals surface area contributed by atoms with Crippen molar-refractivity contribution in [2.75, 3.05) is 25.0 Å². The van der Waals surface area contributed by atoms with E-state index in [1.807, 2.05) is 29.2 Å². The van der Waals surface area contributed by atoms with Crippen molar-refractivity contribution in [1.29, 1.82) is 0 Å². The lowest BCUT2D eigenvalue weighted by Crippen LogP contribution is -2.40. The summed E-state index contributed by atoms with van der Waals surface area (Å²) >= 11 is 3.37. The fourth-order valence-electron chi connectivity index (χ4n) is 2.36. The normalized spacial score (nSPS) is 16.9. The molecule has 6 heteroatoms. The molecule has 1 saturated heterocycles. The number of hydrogen-bond acceptors (Lipinski definition) is 3. The van der Waals surface area contributed by atoms with Gasteiger partial charge in [-0.15, -0.1) is 0 Å². The van der Waals surface area contributed by atoms with E-state index in [1.165, 1.54) is 0 Å². The van der Waals surface area contributed by atoms with Crippen LogP contribution in [0.5, 0.6) is 0 Å². The van der Waals surface area contributed by atoms with Gasteiger partial charge in [-0.1, -0.05) is 22.0 Å². The van der Waals surface area contributed by atoms with Crippen LogP contribution in [-0.2, 0) is 9.59 Å². The van der Waals surface area contributed by atoms with Crippen LogP contribution in [0.2, 0.25) is 0 Å². The smallest absolute Gasteiger partial charge is 0.317 e. The number of nitrogens with zero attached hydrogens (tertiary/aromatic N) is 1. The van der Waals surface area contributed by atoms with Crippen LogP contribution in [0.1, 0.15) is 12.8 Å². The molecule has 0 bridgehead atoms. The molecule has 1 aliphatic heterocycles. The van der Waals surface area contributed by atoms with Gasteiger partial charge >= 0.3 is 5.97 Å². The van der Waals surface area contributed by atoms with E-state index in [-0.39, 0.29) is 18.4 Å². The van der Waals surface area contributed by atoms with E-state index in [1.54, 1.807) is 0 Å². The number of amides is 1. The van der Waals surface area contributed by atoms with Gasteiger partial charge in [0.05, 0.1) is 6.54 Å². The van der Waals surface area contributed by atoms with E-state index in [4.69, 9.17) is 5.11 Å². The first-order valence-electron chi connectivity index (χ1n) is 6.55. The Hall–Kier alpha value is -1.40. The molecule has 2 rings (SSSR count). The Labute approximate surface area is 126 Å². The molecule has 0 atom stereocenters. The van der Waals surface area contributed by atoms with E-state index in [0.717, 1.165) is 10.2 Å². The number of rotatable bonds is 4. The standard InChI is InChI=1S/C14H17BrN2O3/c15-11-2-1-3-12(8-11)16-14(20)10-4-6-17(7-5-10)9-13(18)19/h1-3,8,10H,4-7,9H2,(H,16,20)(H,18,19). The van der Waals surface area contributed by atoms with Crippen molar-refractivity contribution in [3.63, 3.8) is 0 Å². The zero-order chi connectivity index (χ0) is 14.5. The van der Waals surface area contributed by atoms with Crippen molar-refractivity contribution in [2.24, 2.45) is 5.92 Å². The van der Waals surface area contributed by atoms with Crippen LogP contribution < -0.4 is 5.32 Å². The van der Waals surface area contributed by atoms with Crippen molar-refractivity contribution >= 4 is 33.5 Å². The second-order valence-electron chi connectivity index (χ2n) is 4.94. The minimum Gasteiger partial charge on any atom is -0.480 e. The maximum absolute atomic E-state index is 12.1. The molecule has 1 fully saturated rings. The van der Waals surface area contributed by atoms with E-state index in [9.17, 15) is 9.59 Å². The lowest BCUT2D eigenvalue weighted by Gasteiger charge is -2.29. The van der Waals surface area contributed by atoms with Crippen molar-refractivity contribution in [3.8, 4) is 0 Å². The van der Waals surface area contributed by atoms with Crippen molar-refractivity contribution in [2.45, 2.75) is 12.8 Å². The molecule has 108 valence electrons. The van der Waals surface area contributed by atoms with Crippen molar-refractivity contribution in [3.05, 3.63) is 28.7 Å². The molecular weight excluding hydrogens is 324 g/mol. The first-order chi connectivity index (χ1) is 9.54. The summed E-state index contributed by atoms with van der Waals surface area (Å²) in [7, 11) is 0. The Balaban J connectivity index is 1.84. The Kier molecular flexibility index (Phi) is 5.14. The average Bonchev–Trinajstić information content (AvgIpc) is 2.38. The minimum atomic E-state index is -0.818. The van der Waals surface area contributed by atoms with Gasteiger partial charge in [0.2, 0.25) is 5.91 Å². The molecule has 20 heavy (non-hydrogen) atoms. The molecular formula is C14H17BrN2O3. The van der Waals surface area contributed by atoms with Crippen LogP contribution in [0, 0.1) is 5.92 Å². The highest BCUT2D eigenvalue weighted by molar-refractivity contribution is 9.10. The summed E-state index contributed by atoms with van der Waals surface area (Å²) in [5.41, 5.74) is 0.775. The molecule has 1 aromatic carbocycles. The maximum Gasteiger partial charge on any atom is 0.317 e. The number of carbonyl (C=O) groups is 2. The van der Waals surface area contributed by atoms with Gasteiger partial charge in [-0.3, -0.25) is 14.5 Å². The Morgan fingerprint density at radius 3 is 2.65 bits per heavy atom. The summed E-state index contributed by atoms with van der Waals surface area (Å²) in [6.45, 7) is 1.37. The number of benzene rings is 1. The quantitative estimate of drug-likeness (QED) is 0.881. The van der Waals surface area contributed by atoms with Gasteiger partial charge in [-0.2, -0.15) is 0 Å². The van der Waals surface area contributed by atoms with E-state index in [2.05, 4.69) is 21.2 Å². The van der Waals surface area contributed by atoms with Gasteiger partial charge in [0, 0.05) is 16.1 Å². The third-order valence-corrected chi connectivity index (χ3v) is 3.90. The topological polar surface area (TPSA) is 69.6 Å². The molecule has 0 aliphatic carbocycles. The Bertz CT molecular complexity index is 499. The number of piperidine rings is 1. The monoisotopic (exact) mass is 340 g/mol. The summed E-state index contributed by atoms with van der Waals surface area (Å²) in [6, 6.07) is 7.48. The predicted molar refractivity (Wildman–Crippen MR) is 79.6 cm³/mol. The fourth-order valence-corrected chi connectivity index (χ4v) is 2.75. The molecule has 2 N–H and O–H groups in total. The molecule has 1 heterocycles. The van der Waals surface area contributed by atoms with Crippen molar-refractivity contribution < 1.29 is 14.7 Å². The number of carbonyl (C=O) groups excluding carboxylic acids is 1. The number of hydrogen-bond donors (Lipinski definition) is 2. The summed E-state index contributed by atoms with van der Waals surface area (Å²) in [4.78, 5) is 24.6. The number of carboxylic acid groups (broad SMARTS) is 1. The van der Waals surface area contributed by atoms with Crippen LogP contribution >= 0.6 is 15.9 Å². The molecule has 0 unspecified atom stereocenters. The van der Waals surface area contributed by atoms with Crippen LogP contribution in [0.25, 0.3) is 0 Å². The first-order valence-corrected chi connectivity index (χ1v) is 7.34. The SMILES string of the molecule is O=C(O)CN1CCC(C(=O)Nc2cccc(Br)c2)CC1.